The zero-order valence-corrected chi connectivity index (χ0v) is 13.6. The first-order valence-electron chi connectivity index (χ1n) is 7.93. The Bertz CT molecular complexity index is 396. The summed E-state index contributed by atoms with van der Waals surface area (Å²) in [6, 6.07) is 6.15. The molecule has 0 spiro atoms. The topological polar surface area (TPSA) is 53.7 Å². The molecule has 0 aliphatic heterocycles. The highest BCUT2D eigenvalue weighted by molar-refractivity contribution is 5.41. The standard InChI is InChI=1S/C17H29NO3/c1-4-9-20-16-8-7-14(12-15(18)5-2)17(13-16)21-11-10-19-6-3/h7-8,13,15H,4-6,9-12,18H2,1-3H3. The molecule has 1 aromatic rings. The Labute approximate surface area is 128 Å². The number of hydrogen-bond donors (Lipinski definition) is 1. The van der Waals surface area contributed by atoms with E-state index in [1.54, 1.807) is 0 Å². The first kappa shape index (κ1) is 17.8. The van der Waals surface area contributed by atoms with E-state index in [4.69, 9.17) is 19.9 Å². The molecule has 0 aliphatic carbocycles. The molecule has 1 rings (SSSR count). The van der Waals surface area contributed by atoms with Gasteiger partial charge in [-0.3, -0.25) is 0 Å². The van der Waals surface area contributed by atoms with Gasteiger partial charge in [0.25, 0.3) is 0 Å². The van der Waals surface area contributed by atoms with Gasteiger partial charge >= 0.3 is 0 Å². The van der Waals surface area contributed by atoms with Crippen LogP contribution >= 0.6 is 0 Å². The van der Waals surface area contributed by atoms with Crippen molar-refractivity contribution in [2.45, 2.75) is 46.1 Å². The van der Waals surface area contributed by atoms with Crippen LogP contribution in [0, 0.1) is 0 Å². The normalized spacial score (nSPS) is 12.2. The van der Waals surface area contributed by atoms with E-state index in [0.29, 0.717) is 26.4 Å². The zero-order chi connectivity index (χ0) is 15.5. The molecular formula is C17H29NO3. The number of nitrogens with two attached hydrogens (primary N) is 1. The molecule has 2 N–H and O–H groups in total. The van der Waals surface area contributed by atoms with Gasteiger partial charge in [-0.25, -0.2) is 0 Å². The minimum absolute atomic E-state index is 0.154. The van der Waals surface area contributed by atoms with Crippen LogP contribution in [0.4, 0.5) is 0 Å². The highest BCUT2D eigenvalue weighted by atomic mass is 16.5. The molecule has 1 aromatic carbocycles. The molecule has 0 fully saturated rings. The monoisotopic (exact) mass is 295 g/mol. The van der Waals surface area contributed by atoms with E-state index in [1.807, 2.05) is 19.1 Å². The lowest BCUT2D eigenvalue weighted by atomic mass is 10.0. The highest BCUT2D eigenvalue weighted by Crippen LogP contribution is 2.26. The molecule has 4 nitrogen and oxygen atoms in total. The molecule has 21 heavy (non-hydrogen) atoms. The maximum Gasteiger partial charge on any atom is 0.126 e. The van der Waals surface area contributed by atoms with E-state index in [9.17, 15) is 0 Å². The second kappa shape index (κ2) is 10.5. The minimum atomic E-state index is 0.154. The number of rotatable bonds is 11. The van der Waals surface area contributed by atoms with Crippen LogP contribution in [0.1, 0.15) is 39.2 Å². The van der Waals surface area contributed by atoms with Crippen molar-refractivity contribution in [3.63, 3.8) is 0 Å². The molecule has 0 heterocycles. The number of benzene rings is 1. The summed E-state index contributed by atoms with van der Waals surface area (Å²) in [6.07, 6.45) is 2.75. The summed E-state index contributed by atoms with van der Waals surface area (Å²) < 4.78 is 16.8. The first-order chi connectivity index (χ1) is 10.2. The Morgan fingerprint density at radius 2 is 1.86 bits per heavy atom. The van der Waals surface area contributed by atoms with Crippen molar-refractivity contribution >= 4 is 0 Å². The third-order valence-electron chi connectivity index (χ3n) is 3.21. The average Bonchev–Trinajstić information content (AvgIpc) is 2.51. The van der Waals surface area contributed by atoms with E-state index in [2.05, 4.69) is 19.9 Å². The molecule has 4 heteroatoms. The lowest BCUT2D eigenvalue weighted by Crippen LogP contribution is -2.22. The van der Waals surface area contributed by atoms with Crippen LogP contribution in [-0.4, -0.2) is 32.5 Å². The van der Waals surface area contributed by atoms with Gasteiger partial charge in [0, 0.05) is 18.7 Å². The smallest absolute Gasteiger partial charge is 0.126 e. The quantitative estimate of drug-likeness (QED) is 0.637. The fourth-order valence-electron chi connectivity index (χ4n) is 1.93. The van der Waals surface area contributed by atoms with E-state index in [-0.39, 0.29) is 6.04 Å². The molecule has 0 bridgehead atoms. The summed E-state index contributed by atoms with van der Waals surface area (Å²) >= 11 is 0. The Morgan fingerprint density at radius 1 is 1.05 bits per heavy atom. The third kappa shape index (κ3) is 6.82. The van der Waals surface area contributed by atoms with Crippen molar-refractivity contribution in [2.24, 2.45) is 5.73 Å². The molecule has 120 valence electrons. The van der Waals surface area contributed by atoms with Crippen LogP contribution in [0.15, 0.2) is 18.2 Å². The molecule has 0 saturated carbocycles. The van der Waals surface area contributed by atoms with E-state index >= 15 is 0 Å². The Morgan fingerprint density at radius 3 is 2.52 bits per heavy atom. The van der Waals surface area contributed by atoms with E-state index in [1.165, 1.54) is 0 Å². The van der Waals surface area contributed by atoms with Crippen molar-refractivity contribution in [3.8, 4) is 11.5 Å². The van der Waals surface area contributed by atoms with Crippen molar-refractivity contribution in [3.05, 3.63) is 23.8 Å². The van der Waals surface area contributed by atoms with Crippen molar-refractivity contribution < 1.29 is 14.2 Å². The van der Waals surface area contributed by atoms with Gasteiger partial charge in [-0.15, -0.1) is 0 Å². The van der Waals surface area contributed by atoms with Crippen molar-refractivity contribution in [1.82, 2.24) is 0 Å². The minimum Gasteiger partial charge on any atom is -0.493 e. The van der Waals surface area contributed by atoms with Crippen LogP contribution in [0.25, 0.3) is 0 Å². The SMILES string of the molecule is CCCOc1ccc(CC(N)CC)c(OCCOCC)c1. The molecule has 0 aromatic heterocycles. The van der Waals surface area contributed by atoms with Gasteiger partial charge in [-0.2, -0.15) is 0 Å². The van der Waals surface area contributed by atoms with Crippen LogP contribution in [0.2, 0.25) is 0 Å². The maximum absolute atomic E-state index is 6.06. The van der Waals surface area contributed by atoms with E-state index < -0.39 is 0 Å². The van der Waals surface area contributed by atoms with Crippen LogP contribution < -0.4 is 15.2 Å². The summed E-state index contributed by atoms with van der Waals surface area (Å²) in [7, 11) is 0. The lowest BCUT2D eigenvalue weighted by molar-refractivity contribution is 0.109. The van der Waals surface area contributed by atoms with Gasteiger partial charge in [0.15, 0.2) is 0 Å². The molecule has 0 radical (unpaired) electrons. The van der Waals surface area contributed by atoms with Crippen molar-refractivity contribution in [2.75, 3.05) is 26.4 Å². The fourth-order valence-corrected chi connectivity index (χ4v) is 1.93. The summed E-state index contributed by atoms with van der Waals surface area (Å²) in [5.74, 6) is 1.70. The second-order valence-corrected chi connectivity index (χ2v) is 5.04. The summed E-state index contributed by atoms with van der Waals surface area (Å²) in [4.78, 5) is 0. The molecule has 0 saturated heterocycles. The van der Waals surface area contributed by atoms with E-state index in [0.717, 1.165) is 36.3 Å². The Kier molecular flexibility index (Phi) is 8.87. The predicted molar refractivity (Wildman–Crippen MR) is 86.2 cm³/mol. The van der Waals surface area contributed by atoms with Gasteiger partial charge in [0.05, 0.1) is 13.2 Å². The van der Waals surface area contributed by atoms with Gasteiger partial charge < -0.3 is 19.9 Å². The Hall–Kier alpha value is -1.26. The van der Waals surface area contributed by atoms with Gasteiger partial charge in [0.1, 0.15) is 18.1 Å². The van der Waals surface area contributed by atoms with Gasteiger partial charge in [-0.1, -0.05) is 19.9 Å². The largest absolute Gasteiger partial charge is 0.493 e. The van der Waals surface area contributed by atoms with Gasteiger partial charge in [-0.05, 0) is 37.8 Å². The molecule has 0 amide bonds. The van der Waals surface area contributed by atoms with Crippen LogP contribution in [0.3, 0.4) is 0 Å². The zero-order valence-electron chi connectivity index (χ0n) is 13.6. The molecule has 1 atom stereocenters. The number of ether oxygens (including phenoxy) is 3. The number of hydrogen-bond acceptors (Lipinski definition) is 4. The molecule has 0 aliphatic rings. The summed E-state index contributed by atoms with van der Waals surface area (Å²) in [6.45, 7) is 8.72. The fraction of sp³-hybridized carbons (Fsp3) is 0.647. The Balaban J connectivity index is 2.74. The second-order valence-electron chi connectivity index (χ2n) is 5.04. The van der Waals surface area contributed by atoms with Crippen LogP contribution in [-0.2, 0) is 11.2 Å². The molecular weight excluding hydrogens is 266 g/mol. The highest BCUT2D eigenvalue weighted by Gasteiger charge is 2.10. The third-order valence-corrected chi connectivity index (χ3v) is 3.21. The molecule has 1 unspecified atom stereocenters. The predicted octanol–water partition coefficient (Wildman–Crippen LogP) is 3.17. The first-order valence-corrected chi connectivity index (χ1v) is 7.93. The summed E-state index contributed by atoms with van der Waals surface area (Å²) in [5.41, 5.74) is 7.19. The lowest BCUT2D eigenvalue weighted by Gasteiger charge is -2.16. The van der Waals surface area contributed by atoms with Crippen molar-refractivity contribution in [1.29, 1.82) is 0 Å². The maximum atomic E-state index is 6.06. The average molecular weight is 295 g/mol. The van der Waals surface area contributed by atoms with Gasteiger partial charge in [0.2, 0.25) is 0 Å². The van der Waals surface area contributed by atoms with Crippen LogP contribution in [0.5, 0.6) is 11.5 Å². The summed E-state index contributed by atoms with van der Waals surface area (Å²) in [5, 5.41) is 0.